The molecule has 4 nitrogen and oxygen atoms in total. The maximum absolute atomic E-state index is 13.3. The Morgan fingerprint density at radius 2 is 1.77 bits per heavy atom. The highest BCUT2D eigenvalue weighted by Gasteiger charge is 2.40. The lowest BCUT2D eigenvalue weighted by Crippen LogP contribution is -2.38. The molecular formula is C19H21F3N2O2. The fourth-order valence-corrected chi connectivity index (χ4v) is 2.42. The molecule has 2 aromatic rings. The Morgan fingerprint density at radius 3 is 2.38 bits per heavy atom. The lowest BCUT2D eigenvalue weighted by molar-refractivity contribution is -0.158. The van der Waals surface area contributed by atoms with Crippen molar-refractivity contribution in [3.8, 4) is 5.75 Å². The zero-order chi connectivity index (χ0) is 19.2. The average molecular weight is 366 g/mol. The number of carbonyl (C=O) groups is 1. The Hall–Kier alpha value is -2.54. The number of halogens is 3. The second-order valence-electron chi connectivity index (χ2n) is 5.74. The third-order valence-corrected chi connectivity index (χ3v) is 3.67. The third kappa shape index (κ3) is 5.49. The predicted molar refractivity (Wildman–Crippen MR) is 94.2 cm³/mol. The number of amides is 1. The number of nitrogens with one attached hydrogen (secondary N) is 2. The fraction of sp³-hybridized carbons (Fsp3) is 0.316. The number of para-hydroxylation sites is 2. The van der Waals surface area contributed by atoms with E-state index in [4.69, 9.17) is 4.74 Å². The normalized spacial score (nSPS) is 12.5. The van der Waals surface area contributed by atoms with Crippen LogP contribution in [0.3, 0.4) is 0 Å². The minimum absolute atomic E-state index is 0.0608. The number of hydrogen-bond acceptors (Lipinski definition) is 3. The van der Waals surface area contributed by atoms with Crippen LogP contribution in [0.2, 0.25) is 0 Å². The van der Waals surface area contributed by atoms with E-state index in [0.29, 0.717) is 18.0 Å². The van der Waals surface area contributed by atoms with Crippen LogP contribution >= 0.6 is 0 Å². The minimum Gasteiger partial charge on any atom is -0.492 e. The number of carbonyl (C=O) groups excluding carboxylic acids is 1. The van der Waals surface area contributed by atoms with E-state index in [1.165, 1.54) is 12.1 Å². The molecule has 0 fully saturated rings. The summed E-state index contributed by atoms with van der Waals surface area (Å²) in [6.07, 6.45) is -4.52. The summed E-state index contributed by atoms with van der Waals surface area (Å²) in [6.45, 7) is 3.52. The zero-order valence-electron chi connectivity index (χ0n) is 14.6. The van der Waals surface area contributed by atoms with Crippen molar-refractivity contribution in [3.05, 3.63) is 59.7 Å². The largest absolute Gasteiger partial charge is 0.492 e. The predicted octanol–water partition coefficient (Wildman–Crippen LogP) is 4.23. The SMILES string of the molecule is CCOc1ccccc1NC(=O)CN[C@H](c1ccc(C)cc1)C(F)(F)F. The Balaban J connectivity index is 2.04. The lowest BCUT2D eigenvalue weighted by Gasteiger charge is -2.22. The van der Waals surface area contributed by atoms with Gasteiger partial charge in [0.05, 0.1) is 18.8 Å². The smallest absolute Gasteiger partial charge is 0.407 e. The standard InChI is InChI=1S/C19H21F3N2O2/c1-3-26-16-7-5-4-6-15(16)24-17(25)12-23-18(19(20,21)22)14-10-8-13(2)9-11-14/h4-11,18,23H,3,12H2,1-2H3,(H,24,25)/t18-/m1/s1. The van der Waals surface area contributed by atoms with Crippen molar-refractivity contribution >= 4 is 11.6 Å². The van der Waals surface area contributed by atoms with Crippen LogP contribution in [0.1, 0.15) is 24.1 Å². The van der Waals surface area contributed by atoms with E-state index < -0.39 is 24.7 Å². The van der Waals surface area contributed by atoms with Gasteiger partial charge in [0.15, 0.2) is 0 Å². The summed E-state index contributed by atoms with van der Waals surface area (Å²) < 4.78 is 45.4. The minimum atomic E-state index is -4.52. The van der Waals surface area contributed by atoms with Crippen LogP contribution in [-0.2, 0) is 4.79 Å². The summed E-state index contributed by atoms with van der Waals surface area (Å²) in [5, 5.41) is 4.86. The quantitative estimate of drug-likeness (QED) is 0.771. The molecule has 2 rings (SSSR count). The number of benzene rings is 2. The summed E-state index contributed by atoms with van der Waals surface area (Å²) in [5.74, 6) is -0.118. The molecule has 0 heterocycles. The van der Waals surface area contributed by atoms with E-state index in [1.54, 1.807) is 50.2 Å². The fourth-order valence-electron chi connectivity index (χ4n) is 2.42. The molecule has 0 aliphatic heterocycles. The van der Waals surface area contributed by atoms with E-state index in [2.05, 4.69) is 10.6 Å². The first-order chi connectivity index (χ1) is 12.3. The van der Waals surface area contributed by atoms with E-state index >= 15 is 0 Å². The van der Waals surface area contributed by atoms with Gasteiger partial charge in [-0.3, -0.25) is 10.1 Å². The average Bonchev–Trinajstić information content (AvgIpc) is 2.57. The Kier molecular flexibility index (Phi) is 6.63. The first kappa shape index (κ1) is 19.8. The van der Waals surface area contributed by atoms with Crippen LogP contribution in [0.5, 0.6) is 5.75 Å². The maximum atomic E-state index is 13.3. The molecule has 0 spiro atoms. The van der Waals surface area contributed by atoms with E-state index in [0.717, 1.165) is 5.56 Å². The molecule has 0 bridgehead atoms. The molecule has 0 radical (unpaired) electrons. The van der Waals surface area contributed by atoms with Crippen molar-refractivity contribution < 1.29 is 22.7 Å². The van der Waals surface area contributed by atoms with Crippen LogP contribution in [0.25, 0.3) is 0 Å². The van der Waals surface area contributed by atoms with Gasteiger partial charge in [-0.25, -0.2) is 0 Å². The van der Waals surface area contributed by atoms with Crippen molar-refractivity contribution in [1.82, 2.24) is 5.32 Å². The van der Waals surface area contributed by atoms with Gasteiger partial charge in [0.25, 0.3) is 0 Å². The van der Waals surface area contributed by atoms with Crippen LogP contribution in [0, 0.1) is 6.92 Å². The molecule has 26 heavy (non-hydrogen) atoms. The van der Waals surface area contributed by atoms with Gasteiger partial charge >= 0.3 is 6.18 Å². The molecule has 0 unspecified atom stereocenters. The molecule has 140 valence electrons. The van der Waals surface area contributed by atoms with Crippen molar-refractivity contribution in [2.75, 3.05) is 18.5 Å². The molecule has 0 saturated heterocycles. The first-order valence-corrected chi connectivity index (χ1v) is 8.19. The van der Waals surface area contributed by atoms with Crippen molar-refractivity contribution in [2.45, 2.75) is 26.1 Å². The van der Waals surface area contributed by atoms with Gasteiger partial charge in [-0.1, -0.05) is 42.0 Å². The van der Waals surface area contributed by atoms with E-state index in [9.17, 15) is 18.0 Å². The second kappa shape index (κ2) is 8.71. The van der Waals surface area contributed by atoms with E-state index in [-0.39, 0.29) is 5.56 Å². The zero-order valence-corrected chi connectivity index (χ0v) is 14.6. The Bertz CT molecular complexity index is 730. The first-order valence-electron chi connectivity index (χ1n) is 8.19. The van der Waals surface area contributed by atoms with Crippen LogP contribution in [-0.4, -0.2) is 25.2 Å². The highest BCUT2D eigenvalue weighted by atomic mass is 19.4. The summed E-state index contributed by atoms with van der Waals surface area (Å²) in [5.41, 5.74) is 1.34. The number of alkyl halides is 3. The van der Waals surface area contributed by atoms with Gasteiger partial charge in [0.2, 0.25) is 5.91 Å². The maximum Gasteiger partial charge on any atom is 0.407 e. The van der Waals surface area contributed by atoms with Crippen molar-refractivity contribution in [3.63, 3.8) is 0 Å². The third-order valence-electron chi connectivity index (χ3n) is 3.67. The molecule has 2 N–H and O–H groups in total. The summed E-state index contributed by atoms with van der Waals surface area (Å²) in [6, 6.07) is 10.9. The monoisotopic (exact) mass is 366 g/mol. The number of ether oxygens (including phenoxy) is 1. The van der Waals surface area contributed by atoms with Gasteiger partial charge in [-0.15, -0.1) is 0 Å². The number of aryl methyl sites for hydroxylation is 1. The van der Waals surface area contributed by atoms with Gasteiger partial charge in [0, 0.05) is 0 Å². The molecule has 7 heteroatoms. The molecule has 1 amide bonds. The molecular weight excluding hydrogens is 345 g/mol. The molecule has 0 saturated carbocycles. The van der Waals surface area contributed by atoms with Crippen LogP contribution < -0.4 is 15.4 Å². The summed E-state index contributed by atoms with van der Waals surface area (Å²) in [4.78, 5) is 12.1. The summed E-state index contributed by atoms with van der Waals surface area (Å²) >= 11 is 0. The highest BCUT2D eigenvalue weighted by molar-refractivity contribution is 5.93. The lowest BCUT2D eigenvalue weighted by atomic mass is 10.0. The molecule has 0 aromatic heterocycles. The van der Waals surface area contributed by atoms with Gasteiger partial charge in [-0.2, -0.15) is 13.2 Å². The Morgan fingerprint density at radius 1 is 1.12 bits per heavy atom. The second-order valence-corrected chi connectivity index (χ2v) is 5.74. The topological polar surface area (TPSA) is 50.4 Å². The van der Waals surface area contributed by atoms with Gasteiger partial charge in [0.1, 0.15) is 11.8 Å². The molecule has 0 aliphatic carbocycles. The molecule has 1 atom stereocenters. The number of anilines is 1. The van der Waals surface area contributed by atoms with Crippen LogP contribution in [0.4, 0.5) is 18.9 Å². The van der Waals surface area contributed by atoms with Gasteiger partial charge < -0.3 is 10.1 Å². The number of rotatable bonds is 7. The van der Waals surface area contributed by atoms with Crippen LogP contribution in [0.15, 0.2) is 48.5 Å². The van der Waals surface area contributed by atoms with Crippen molar-refractivity contribution in [2.24, 2.45) is 0 Å². The van der Waals surface area contributed by atoms with Gasteiger partial charge in [-0.05, 0) is 31.5 Å². The molecule has 2 aromatic carbocycles. The van der Waals surface area contributed by atoms with E-state index in [1.807, 2.05) is 0 Å². The van der Waals surface area contributed by atoms with Crippen molar-refractivity contribution in [1.29, 1.82) is 0 Å². The number of hydrogen-bond donors (Lipinski definition) is 2. The molecule has 0 aliphatic rings. The Labute approximate surface area is 150 Å². The summed E-state index contributed by atoms with van der Waals surface area (Å²) in [7, 11) is 0. The highest BCUT2D eigenvalue weighted by Crippen LogP contribution is 2.32.